The second kappa shape index (κ2) is 6.35. The fourth-order valence-electron chi connectivity index (χ4n) is 1.91. The third kappa shape index (κ3) is 4.64. The molecule has 0 fully saturated rings. The molecule has 1 unspecified atom stereocenters. The number of rotatable bonds is 6. The average molecular weight is 330 g/mol. The van der Waals surface area contributed by atoms with Crippen LogP contribution in [0.3, 0.4) is 0 Å². The first-order valence-electron chi connectivity index (χ1n) is 6.21. The van der Waals surface area contributed by atoms with Crippen LogP contribution in [0.2, 0.25) is 0 Å². The molecule has 0 aliphatic carbocycles. The number of nitrogens with zero attached hydrogens (tertiary/aromatic N) is 1. The number of aromatic nitrogens is 1. The molecule has 1 aromatic rings. The van der Waals surface area contributed by atoms with Gasteiger partial charge in [-0.1, -0.05) is 6.08 Å². The predicted molar refractivity (Wildman–Crippen MR) is 76.8 cm³/mol. The van der Waals surface area contributed by atoms with Crippen molar-refractivity contribution in [2.45, 2.75) is 12.8 Å². The molecule has 2 heterocycles. The average Bonchev–Trinajstić information content (AvgIpc) is 2.96. The summed E-state index contributed by atoms with van der Waals surface area (Å²) in [7, 11) is -3.13. The summed E-state index contributed by atoms with van der Waals surface area (Å²) in [5.41, 5.74) is 0.00243. The summed E-state index contributed by atoms with van der Waals surface area (Å²) < 4.78 is 22.4. The first kappa shape index (κ1) is 15.6. The van der Waals surface area contributed by atoms with Crippen molar-refractivity contribution in [2.24, 2.45) is 5.92 Å². The van der Waals surface area contributed by atoms with Gasteiger partial charge in [-0.15, -0.1) is 11.3 Å². The number of sulfone groups is 1. The van der Waals surface area contributed by atoms with Crippen molar-refractivity contribution in [1.29, 1.82) is 0 Å². The van der Waals surface area contributed by atoms with Crippen molar-refractivity contribution in [1.82, 2.24) is 10.3 Å². The zero-order valence-corrected chi connectivity index (χ0v) is 12.6. The molecule has 2 rings (SSSR count). The van der Waals surface area contributed by atoms with Gasteiger partial charge < -0.3 is 10.4 Å². The fraction of sp³-hybridized carbons (Fsp3) is 0.417. The molecule has 0 saturated heterocycles. The minimum atomic E-state index is -3.13. The van der Waals surface area contributed by atoms with Crippen LogP contribution in [-0.2, 0) is 21.1 Å². The molecule has 9 heteroatoms. The van der Waals surface area contributed by atoms with Crippen molar-refractivity contribution in [3.63, 3.8) is 0 Å². The second-order valence-corrected chi connectivity index (χ2v) is 7.53. The van der Waals surface area contributed by atoms with Crippen LogP contribution >= 0.6 is 11.3 Å². The third-order valence-electron chi connectivity index (χ3n) is 2.88. The highest BCUT2D eigenvalue weighted by Crippen LogP contribution is 2.18. The van der Waals surface area contributed by atoms with Gasteiger partial charge in [0, 0.05) is 36.1 Å². The van der Waals surface area contributed by atoms with E-state index in [0.717, 1.165) is 5.41 Å². The van der Waals surface area contributed by atoms with Gasteiger partial charge in [0.25, 0.3) is 0 Å². The number of thiazole rings is 1. The lowest BCUT2D eigenvalue weighted by Gasteiger charge is -2.07. The molecular formula is C12H14N2O5S2. The molecule has 0 radical (unpaired) electrons. The molecule has 1 atom stereocenters. The topological polar surface area (TPSA) is 113 Å². The lowest BCUT2D eigenvalue weighted by Crippen LogP contribution is -2.27. The Labute approximate surface area is 125 Å². The first-order valence-corrected chi connectivity index (χ1v) is 8.80. The molecule has 0 aromatic carbocycles. The van der Waals surface area contributed by atoms with Gasteiger partial charge in [-0.05, 0) is 0 Å². The number of nitrogens with one attached hydrogen (secondary N) is 1. The van der Waals surface area contributed by atoms with Gasteiger partial charge >= 0.3 is 5.97 Å². The van der Waals surface area contributed by atoms with E-state index in [1.807, 2.05) is 0 Å². The van der Waals surface area contributed by atoms with Crippen LogP contribution in [0.15, 0.2) is 16.9 Å². The van der Waals surface area contributed by atoms with Crippen LogP contribution in [0.1, 0.15) is 21.9 Å². The summed E-state index contributed by atoms with van der Waals surface area (Å²) in [5, 5.41) is 14.6. The third-order valence-corrected chi connectivity index (χ3v) is 5.26. The largest absolute Gasteiger partial charge is 0.476 e. The lowest BCUT2D eigenvalue weighted by molar-refractivity contribution is -0.121. The Balaban J connectivity index is 1.72. The minimum absolute atomic E-state index is 0.00243. The zero-order valence-electron chi connectivity index (χ0n) is 11.0. The monoisotopic (exact) mass is 330 g/mol. The SMILES string of the molecule is O=C(CC1C=CS(=O)(=O)C1)NCCc1nc(C(=O)O)cs1. The van der Waals surface area contributed by atoms with Crippen LogP contribution in [0.4, 0.5) is 0 Å². The molecule has 2 N–H and O–H groups in total. The minimum Gasteiger partial charge on any atom is -0.476 e. The smallest absolute Gasteiger partial charge is 0.355 e. The molecular weight excluding hydrogens is 316 g/mol. The standard InChI is InChI=1S/C12H14N2O5S2/c15-10(5-8-2-4-21(18,19)7-8)13-3-1-11-14-9(6-20-11)12(16)17/h2,4,6,8H,1,3,5,7H2,(H,13,15)(H,16,17). The van der Waals surface area contributed by atoms with E-state index < -0.39 is 15.8 Å². The van der Waals surface area contributed by atoms with Gasteiger partial charge in [0.05, 0.1) is 10.8 Å². The van der Waals surface area contributed by atoms with Crippen LogP contribution in [0, 0.1) is 5.92 Å². The highest BCUT2D eigenvalue weighted by Gasteiger charge is 2.23. The fourth-order valence-corrected chi connectivity index (χ4v) is 4.08. The van der Waals surface area contributed by atoms with Crippen molar-refractivity contribution < 1.29 is 23.1 Å². The molecule has 21 heavy (non-hydrogen) atoms. The van der Waals surface area contributed by atoms with Crippen molar-refractivity contribution in [2.75, 3.05) is 12.3 Å². The molecule has 7 nitrogen and oxygen atoms in total. The van der Waals surface area contributed by atoms with Gasteiger partial charge in [-0.2, -0.15) is 0 Å². The quantitative estimate of drug-likeness (QED) is 0.783. The number of hydrogen-bond donors (Lipinski definition) is 2. The zero-order chi connectivity index (χ0) is 15.5. The van der Waals surface area contributed by atoms with Crippen LogP contribution in [0.5, 0.6) is 0 Å². The molecule has 1 aliphatic rings. The number of carboxylic acid groups (broad SMARTS) is 1. The maximum atomic E-state index is 11.7. The molecule has 0 bridgehead atoms. The van der Waals surface area contributed by atoms with E-state index in [9.17, 15) is 18.0 Å². The molecule has 1 amide bonds. The maximum Gasteiger partial charge on any atom is 0.355 e. The van der Waals surface area contributed by atoms with Gasteiger partial charge in [0.2, 0.25) is 5.91 Å². The predicted octanol–water partition coefficient (Wildman–Crippen LogP) is 0.448. The normalized spacial score (nSPS) is 19.5. The Morgan fingerprint density at radius 2 is 2.24 bits per heavy atom. The molecule has 0 saturated carbocycles. The van der Waals surface area contributed by atoms with E-state index >= 15 is 0 Å². The molecule has 114 valence electrons. The summed E-state index contributed by atoms with van der Waals surface area (Å²) >= 11 is 1.23. The van der Waals surface area contributed by atoms with E-state index in [4.69, 9.17) is 5.11 Å². The Morgan fingerprint density at radius 1 is 1.48 bits per heavy atom. The van der Waals surface area contributed by atoms with E-state index in [1.54, 1.807) is 0 Å². The highest BCUT2D eigenvalue weighted by molar-refractivity contribution is 7.94. The van der Waals surface area contributed by atoms with E-state index in [-0.39, 0.29) is 29.7 Å². The number of carbonyl (C=O) groups is 2. The number of amides is 1. The summed E-state index contributed by atoms with van der Waals surface area (Å²) in [6, 6.07) is 0. The summed E-state index contributed by atoms with van der Waals surface area (Å²) in [4.78, 5) is 26.2. The molecule has 1 aliphatic heterocycles. The molecule has 1 aromatic heterocycles. The van der Waals surface area contributed by atoms with Crippen molar-refractivity contribution >= 4 is 33.1 Å². The van der Waals surface area contributed by atoms with Crippen LogP contribution in [-0.4, -0.2) is 42.7 Å². The Bertz CT molecular complexity index is 678. The van der Waals surface area contributed by atoms with Gasteiger partial charge in [-0.25, -0.2) is 18.2 Å². The van der Waals surface area contributed by atoms with E-state index in [0.29, 0.717) is 18.0 Å². The van der Waals surface area contributed by atoms with Crippen LogP contribution in [0.25, 0.3) is 0 Å². The summed E-state index contributed by atoms with van der Waals surface area (Å²) in [5.74, 6) is -1.59. The lowest BCUT2D eigenvalue weighted by atomic mass is 10.1. The van der Waals surface area contributed by atoms with Gasteiger partial charge in [0.1, 0.15) is 0 Å². The maximum absolute atomic E-state index is 11.7. The van der Waals surface area contributed by atoms with Crippen molar-refractivity contribution in [3.8, 4) is 0 Å². The van der Waals surface area contributed by atoms with Crippen LogP contribution < -0.4 is 5.32 Å². The number of hydrogen-bond acceptors (Lipinski definition) is 6. The van der Waals surface area contributed by atoms with Gasteiger partial charge in [0.15, 0.2) is 15.5 Å². The number of carboxylic acids is 1. The Morgan fingerprint density at radius 3 is 2.81 bits per heavy atom. The summed E-state index contributed by atoms with van der Waals surface area (Å²) in [6.45, 7) is 0.342. The first-order chi connectivity index (χ1) is 9.85. The number of aromatic carboxylic acids is 1. The number of carbonyl (C=O) groups excluding carboxylic acids is 1. The Hall–Kier alpha value is -1.74. The highest BCUT2D eigenvalue weighted by atomic mass is 32.2. The molecule has 0 spiro atoms. The summed E-state index contributed by atoms with van der Waals surface area (Å²) in [6.07, 6.45) is 2.12. The van der Waals surface area contributed by atoms with E-state index in [2.05, 4.69) is 10.3 Å². The van der Waals surface area contributed by atoms with Gasteiger partial charge in [-0.3, -0.25) is 4.79 Å². The van der Waals surface area contributed by atoms with Crippen molar-refractivity contribution in [3.05, 3.63) is 27.6 Å². The van der Waals surface area contributed by atoms with E-state index in [1.165, 1.54) is 22.8 Å². The second-order valence-electron chi connectivity index (χ2n) is 4.65. The Kier molecular flexibility index (Phi) is 4.73. The number of allylic oxidation sites excluding steroid dienone is 1.